The van der Waals surface area contributed by atoms with Crippen molar-refractivity contribution in [3.8, 4) is 0 Å². The van der Waals surface area contributed by atoms with Gasteiger partial charge < -0.3 is 0 Å². The zero-order valence-corrected chi connectivity index (χ0v) is 12.4. The largest absolute Gasteiger partial charge is 0.0993 e. The van der Waals surface area contributed by atoms with E-state index in [1.54, 1.807) is 0 Å². The smallest absolute Gasteiger partial charge is 0.00172 e. The second-order valence-corrected chi connectivity index (χ2v) is 5.20. The Morgan fingerprint density at radius 1 is 0.950 bits per heavy atom. The van der Waals surface area contributed by atoms with Gasteiger partial charge in [-0.3, -0.25) is 0 Å². The summed E-state index contributed by atoms with van der Waals surface area (Å²) < 4.78 is 0. The molecule has 0 aliphatic heterocycles. The van der Waals surface area contributed by atoms with Crippen molar-refractivity contribution in [2.75, 3.05) is 0 Å². The van der Waals surface area contributed by atoms with Crippen LogP contribution in [0.3, 0.4) is 0 Å². The lowest BCUT2D eigenvalue weighted by molar-refractivity contribution is 0.843. The van der Waals surface area contributed by atoms with Crippen LogP contribution in [0.25, 0.3) is 5.57 Å². The molecule has 0 saturated carbocycles. The number of hydrogen-bond acceptors (Lipinski definition) is 0. The van der Waals surface area contributed by atoms with Gasteiger partial charge in [0.1, 0.15) is 0 Å². The van der Waals surface area contributed by atoms with Crippen molar-refractivity contribution in [3.63, 3.8) is 0 Å². The molecule has 2 aromatic rings. The molecule has 0 bridgehead atoms. The van der Waals surface area contributed by atoms with Crippen molar-refractivity contribution < 1.29 is 0 Å². The van der Waals surface area contributed by atoms with E-state index in [9.17, 15) is 0 Å². The second kappa shape index (κ2) is 6.38. The molecule has 0 spiro atoms. The van der Waals surface area contributed by atoms with Crippen LogP contribution in [-0.4, -0.2) is 0 Å². The molecule has 0 aliphatic carbocycles. The lowest BCUT2D eigenvalue weighted by atomic mass is 9.89. The van der Waals surface area contributed by atoms with Gasteiger partial charge in [0.2, 0.25) is 0 Å². The fourth-order valence-corrected chi connectivity index (χ4v) is 2.34. The average molecular weight is 262 g/mol. The van der Waals surface area contributed by atoms with Crippen LogP contribution in [0.4, 0.5) is 0 Å². The van der Waals surface area contributed by atoms with Gasteiger partial charge in [0, 0.05) is 5.92 Å². The van der Waals surface area contributed by atoms with Gasteiger partial charge in [-0.25, -0.2) is 0 Å². The average Bonchev–Trinajstić information content (AvgIpc) is 2.53. The molecular weight excluding hydrogens is 240 g/mol. The highest BCUT2D eigenvalue weighted by Crippen LogP contribution is 2.28. The maximum Gasteiger partial charge on any atom is 0.00172 e. The predicted molar refractivity (Wildman–Crippen MR) is 88.9 cm³/mol. The van der Waals surface area contributed by atoms with Gasteiger partial charge in [0.05, 0.1) is 0 Å². The van der Waals surface area contributed by atoms with E-state index >= 15 is 0 Å². The summed E-state index contributed by atoms with van der Waals surface area (Å²) in [6, 6.07) is 19.0. The quantitative estimate of drug-likeness (QED) is 0.596. The summed E-state index contributed by atoms with van der Waals surface area (Å²) in [4.78, 5) is 0. The van der Waals surface area contributed by atoms with Crippen LogP contribution in [0.15, 0.2) is 73.3 Å². The Morgan fingerprint density at radius 2 is 1.60 bits per heavy atom. The van der Waals surface area contributed by atoms with Gasteiger partial charge in [-0.15, -0.1) is 0 Å². The van der Waals surface area contributed by atoms with E-state index in [0.717, 1.165) is 12.0 Å². The molecular formula is C20H22. The molecule has 0 aromatic heterocycles. The SMILES string of the molecule is C=C(c1ccccc1)c1cccc(C(C)C(=C)CC)c1. The molecule has 0 nitrogen and oxygen atoms in total. The minimum absolute atomic E-state index is 0.392. The van der Waals surface area contributed by atoms with Gasteiger partial charge in [-0.1, -0.05) is 87.2 Å². The third kappa shape index (κ3) is 3.08. The monoisotopic (exact) mass is 262 g/mol. The zero-order chi connectivity index (χ0) is 14.5. The Hall–Kier alpha value is -2.08. The summed E-state index contributed by atoms with van der Waals surface area (Å²) in [6.07, 6.45) is 1.02. The van der Waals surface area contributed by atoms with Crippen LogP contribution in [0.5, 0.6) is 0 Å². The van der Waals surface area contributed by atoms with Crippen LogP contribution >= 0.6 is 0 Å². The predicted octanol–water partition coefficient (Wildman–Crippen LogP) is 5.82. The minimum atomic E-state index is 0.392. The molecule has 0 fully saturated rings. The summed E-state index contributed by atoms with van der Waals surface area (Å²) in [6.45, 7) is 12.8. The Labute approximate surface area is 122 Å². The first-order valence-corrected chi connectivity index (χ1v) is 7.15. The zero-order valence-electron chi connectivity index (χ0n) is 12.4. The Balaban J connectivity index is 2.31. The van der Waals surface area contributed by atoms with Gasteiger partial charge in [0.25, 0.3) is 0 Å². The third-order valence-corrected chi connectivity index (χ3v) is 3.92. The van der Waals surface area contributed by atoms with Crippen molar-refractivity contribution >= 4 is 5.57 Å². The van der Waals surface area contributed by atoms with E-state index in [-0.39, 0.29) is 0 Å². The molecule has 0 aliphatic rings. The molecule has 1 atom stereocenters. The lowest BCUT2D eigenvalue weighted by Gasteiger charge is -2.15. The molecule has 2 rings (SSSR count). The van der Waals surface area contributed by atoms with Crippen LogP contribution < -0.4 is 0 Å². The normalized spacial score (nSPS) is 11.9. The first kappa shape index (κ1) is 14.3. The van der Waals surface area contributed by atoms with E-state index < -0.39 is 0 Å². The molecule has 0 heterocycles. The van der Waals surface area contributed by atoms with Crippen LogP contribution in [0.2, 0.25) is 0 Å². The standard InChI is InChI=1S/C20H22/c1-5-15(2)16(3)19-12-9-13-20(14-19)17(4)18-10-7-6-8-11-18/h6-14,16H,2,4-5H2,1,3H3. The summed E-state index contributed by atoms with van der Waals surface area (Å²) >= 11 is 0. The minimum Gasteiger partial charge on any atom is -0.0993 e. The first-order valence-electron chi connectivity index (χ1n) is 7.15. The highest BCUT2D eigenvalue weighted by molar-refractivity contribution is 5.78. The van der Waals surface area contributed by atoms with Crippen LogP contribution in [-0.2, 0) is 0 Å². The van der Waals surface area contributed by atoms with E-state index in [0.29, 0.717) is 5.92 Å². The maximum absolute atomic E-state index is 4.24. The Morgan fingerprint density at radius 3 is 2.25 bits per heavy atom. The maximum atomic E-state index is 4.24. The molecule has 1 unspecified atom stereocenters. The molecule has 0 saturated heterocycles. The molecule has 0 heteroatoms. The fraction of sp³-hybridized carbons (Fsp3) is 0.200. The van der Waals surface area contributed by atoms with Crippen molar-refractivity contribution in [2.24, 2.45) is 0 Å². The van der Waals surface area contributed by atoms with Gasteiger partial charge in [-0.2, -0.15) is 0 Å². The first-order chi connectivity index (χ1) is 9.63. The van der Waals surface area contributed by atoms with Crippen molar-refractivity contribution in [1.29, 1.82) is 0 Å². The lowest BCUT2D eigenvalue weighted by Crippen LogP contribution is -1.97. The number of hydrogen-bond donors (Lipinski definition) is 0. The molecule has 102 valence electrons. The molecule has 0 radical (unpaired) electrons. The topological polar surface area (TPSA) is 0 Å². The van der Waals surface area contributed by atoms with Gasteiger partial charge in [-0.05, 0) is 28.7 Å². The highest BCUT2D eigenvalue weighted by atomic mass is 14.1. The summed E-state index contributed by atoms with van der Waals surface area (Å²) in [7, 11) is 0. The van der Waals surface area contributed by atoms with Crippen molar-refractivity contribution in [2.45, 2.75) is 26.2 Å². The van der Waals surface area contributed by atoms with E-state index in [2.05, 4.69) is 63.4 Å². The summed E-state index contributed by atoms with van der Waals surface area (Å²) in [5.41, 5.74) is 6.01. The highest BCUT2D eigenvalue weighted by Gasteiger charge is 2.10. The van der Waals surface area contributed by atoms with Crippen molar-refractivity contribution in [3.05, 3.63) is 90.0 Å². The molecule has 2 aromatic carbocycles. The fourth-order valence-electron chi connectivity index (χ4n) is 2.34. The van der Waals surface area contributed by atoms with E-state index in [1.165, 1.54) is 22.3 Å². The van der Waals surface area contributed by atoms with E-state index in [4.69, 9.17) is 0 Å². The van der Waals surface area contributed by atoms with Gasteiger partial charge in [0.15, 0.2) is 0 Å². The molecule has 20 heavy (non-hydrogen) atoms. The number of allylic oxidation sites excluding steroid dienone is 1. The van der Waals surface area contributed by atoms with Crippen LogP contribution in [0, 0.1) is 0 Å². The number of rotatable bonds is 5. The van der Waals surface area contributed by atoms with E-state index in [1.807, 2.05) is 18.2 Å². The summed E-state index contributed by atoms with van der Waals surface area (Å²) in [5, 5.41) is 0. The Kier molecular flexibility index (Phi) is 4.57. The Bertz CT molecular complexity index is 605. The second-order valence-electron chi connectivity index (χ2n) is 5.20. The summed E-state index contributed by atoms with van der Waals surface area (Å²) in [5.74, 6) is 0.392. The van der Waals surface area contributed by atoms with Crippen molar-refractivity contribution in [1.82, 2.24) is 0 Å². The van der Waals surface area contributed by atoms with Crippen LogP contribution in [0.1, 0.15) is 42.9 Å². The number of benzene rings is 2. The van der Waals surface area contributed by atoms with Gasteiger partial charge >= 0.3 is 0 Å². The molecule has 0 N–H and O–H groups in total. The third-order valence-electron chi connectivity index (χ3n) is 3.92. The molecule has 0 amide bonds.